The van der Waals surface area contributed by atoms with Crippen LogP contribution in [0.3, 0.4) is 0 Å². The third kappa shape index (κ3) is 5.91. The summed E-state index contributed by atoms with van der Waals surface area (Å²) in [5.41, 5.74) is 2.21. The summed E-state index contributed by atoms with van der Waals surface area (Å²) in [4.78, 5) is 0. The molecular formula is C18H30O2S. The molecule has 120 valence electrons. The highest BCUT2D eigenvalue weighted by atomic mass is 32.2. The van der Waals surface area contributed by atoms with Crippen LogP contribution in [-0.4, -0.2) is 22.3 Å². The summed E-state index contributed by atoms with van der Waals surface area (Å²) in [7, 11) is -0.780. The van der Waals surface area contributed by atoms with E-state index in [2.05, 4.69) is 65.8 Å². The van der Waals surface area contributed by atoms with Crippen molar-refractivity contribution >= 4 is 10.8 Å². The van der Waals surface area contributed by atoms with Gasteiger partial charge < -0.3 is 4.74 Å². The van der Waals surface area contributed by atoms with Gasteiger partial charge in [-0.1, -0.05) is 52.0 Å². The summed E-state index contributed by atoms with van der Waals surface area (Å²) in [6.45, 7) is 13.3. The Morgan fingerprint density at radius 2 is 1.76 bits per heavy atom. The quantitative estimate of drug-likeness (QED) is 0.708. The minimum atomic E-state index is -0.780. The number of benzene rings is 1. The normalized spacial score (nSPS) is 13.9. The first-order chi connectivity index (χ1) is 9.74. The van der Waals surface area contributed by atoms with Crippen LogP contribution in [0.2, 0.25) is 0 Å². The SMILES string of the molecule is CC(C)CS(=O)CCOC(C)(C)c1ccccc1C(C)C. The van der Waals surface area contributed by atoms with Gasteiger partial charge in [0.05, 0.1) is 12.2 Å². The number of rotatable bonds is 8. The smallest absolute Gasteiger partial charge is 0.0878 e. The lowest BCUT2D eigenvalue weighted by Gasteiger charge is -2.29. The van der Waals surface area contributed by atoms with E-state index < -0.39 is 10.8 Å². The van der Waals surface area contributed by atoms with Crippen molar-refractivity contribution in [2.24, 2.45) is 5.92 Å². The minimum Gasteiger partial charge on any atom is -0.370 e. The van der Waals surface area contributed by atoms with Crippen molar-refractivity contribution in [1.82, 2.24) is 0 Å². The average molecular weight is 311 g/mol. The highest BCUT2D eigenvalue weighted by Crippen LogP contribution is 2.31. The first-order valence-electron chi connectivity index (χ1n) is 7.82. The van der Waals surface area contributed by atoms with Crippen LogP contribution in [0.25, 0.3) is 0 Å². The Morgan fingerprint density at radius 1 is 1.14 bits per heavy atom. The predicted molar refractivity (Wildman–Crippen MR) is 92.2 cm³/mol. The maximum Gasteiger partial charge on any atom is 0.0878 e. The number of hydrogen-bond donors (Lipinski definition) is 0. The zero-order chi connectivity index (χ0) is 16.0. The lowest BCUT2D eigenvalue weighted by atomic mass is 9.88. The van der Waals surface area contributed by atoms with E-state index in [0.29, 0.717) is 24.2 Å². The summed E-state index contributed by atoms with van der Waals surface area (Å²) in [6.07, 6.45) is 0. The standard InChI is InChI=1S/C18H30O2S/c1-14(2)13-21(19)12-11-20-18(5,6)17-10-8-7-9-16(17)15(3)4/h7-10,14-15H,11-13H2,1-6H3. The molecule has 2 nitrogen and oxygen atoms in total. The summed E-state index contributed by atoms with van der Waals surface area (Å²) in [5, 5.41) is 0. The molecule has 0 saturated heterocycles. The van der Waals surface area contributed by atoms with Crippen molar-refractivity contribution < 1.29 is 8.95 Å². The zero-order valence-corrected chi connectivity index (χ0v) is 15.1. The second-order valence-corrected chi connectivity index (χ2v) is 8.43. The van der Waals surface area contributed by atoms with Gasteiger partial charge in [0, 0.05) is 22.3 Å². The fourth-order valence-corrected chi connectivity index (χ4v) is 3.65. The highest BCUT2D eigenvalue weighted by Gasteiger charge is 2.25. The van der Waals surface area contributed by atoms with Gasteiger partial charge in [-0.2, -0.15) is 0 Å². The predicted octanol–water partition coefficient (Wildman–Crippen LogP) is 4.47. The van der Waals surface area contributed by atoms with E-state index in [4.69, 9.17) is 4.74 Å². The third-order valence-electron chi connectivity index (χ3n) is 3.52. The number of ether oxygens (including phenoxy) is 1. The summed E-state index contributed by atoms with van der Waals surface area (Å²) in [6, 6.07) is 8.44. The van der Waals surface area contributed by atoms with Gasteiger partial charge in [0.2, 0.25) is 0 Å². The van der Waals surface area contributed by atoms with E-state index in [1.54, 1.807) is 0 Å². The van der Waals surface area contributed by atoms with Crippen molar-refractivity contribution in [3.05, 3.63) is 35.4 Å². The lowest BCUT2D eigenvalue weighted by Crippen LogP contribution is -2.26. The van der Waals surface area contributed by atoms with Crippen LogP contribution in [0, 0.1) is 5.92 Å². The second kappa shape index (κ2) is 8.09. The molecule has 1 aromatic rings. The van der Waals surface area contributed by atoms with Gasteiger partial charge in [-0.25, -0.2) is 0 Å². The van der Waals surface area contributed by atoms with Crippen molar-refractivity contribution in [3.63, 3.8) is 0 Å². The molecule has 1 aromatic carbocycles. The molecule has 0 aliphatic rings. The van der Waals surface area contributed by atoms with Crippen LogP contribution in [0.4, 0.5) is 0 Å². The highest BCUT2D eigenvalue weighted by molar-refractivity contribution is 7.85. The van der Waals surface area contributed by atoms with Crippen LogP contribution in [0.15, 0.2) is 24.3 Å². The molecule has 0 N–H and O–H groups in total. The Labute approximate surface area is 132 Å². The van der Waals surface area contributed by atoms with Crippen LogP contribution in [0.1, 0.15) is 58.6 Å². The summed E-state index contributed by atoms with van der Waals surface area (Å²) >= 11 is 0. The fourth-order valence-electron chi connectivity index (χ4n) is 2.47. The second-order valence-electron chi connectivity index (χ2n) is 6.81. The first kappa shape index (κ1) is 18.4. The molecule has 0 bridgehead atoms. The van der Waals surface area contributed by atoms with Crippen LogP contribution >= 0.6 is 0 Å². The molecule has 0 heterocycles. The molecule has 0 spiro atoms. The van der Waals surface area contributed by atoms with Crippen LogP contribution in [0.5, 0.6) is 0 Å². The van der Waals surface area contributed by atoms with E-state index >= 15 is 0 Å². The minimum absolute atomic E-state index is 0.344. The molecule has 0 radical (unpaired) electrons. The van der Waals surface area contributed by atoms with Crippen molar-refractivity contribution in [2.45, 2.75) is 53.1 Å². The average Bonchev–Trinajstić information content (AvgIpc) is 2.37. The Morgan fingerprint density at radius 3 is 2.33 bits per heavy atom. The maximum absolute atomic E-state index is 11.9. The molecule has 1 atom stereocenters. The van der Waals surface area contributed by atoms with Gasteiger partial charge in [0.1, 0.15) is 0 Å². The van der Waals surface area contributed by atoms with Gasteiger partial charge in [-0.15, -0.1) is 0 Å². The van der Waals surface area contributed by atoms with Gasteiger partial charge >= 0.3 is 0 Å². The Hall–Kier alpha value is -0.670. The van der Waals surface area contributed by atoms with E-state index in [1.165, 1.54) is 11.1 Å². The third-order valence-corrected chi connectivity index (χ3v) is 5.19. The van der Waals surface area contributed by atoms with E-state index in [1.807, 2.05) is 0 Å². The topological polar surface area (TPSA) is 26.3 Å². The first-order valence-corrected chi connectivity index (χ1v) is 9.31. The fraction of sp³-hybridized carbons (Fsp3) is 0.667. The molecule has 0 saturated carbocycles. The maximum atomic E-state index is 11.9. The number of hydrogen-bond acceptors (Lipinski definition) is 2. The zero-order valence-electron chi connectivity index (χ0n) is 14.3. The van der Waals surface area contributed by atoms with Gasteiger partial charge in [-0.3, -0.25) is 4.21 Å². The Kier molecular flexibility index (Phi) is 7.08. The monoisotopic (exact) mass is 310 g/mol. The molecule has 0 fully saturated rings. The molecule has 0 amide bonds. The largest absolute Gasteiger partial charge is 0.370 e. The van der Waals surface area contributed by atoms with E-state index in [9.17, 15) is 4.21 Å². The van der Waals surface area contributed by atoms with Gasteiger partial charge in [-0.05, 0) is 36.8 Å². The molecule has 21 heavy (non-hydrogen) atoms. The van der Waals surface area contributed by atoms with Crippen molar-refractivity contribution in [2.75, 3.05) is 18.1 Å². The molecule has 0 aromatic heterocycles. The molecular weight excluding hydrogens is 280 g/mol. The van der Waals surface area contributed by atoms with E-state index in [0.717, 1.165) is 5.75 Å². The van der Waals surface area contributed by atoms with Gasteiger partial charge in [0.25, 0.3) is 0 Å². The van der Waals surface area contributed by atoms with Crippen LogP contribution < -0.4 is 0 Å². The summed E-state index contributed by atoms with van der Waals surface area (Å²) in [5.74, 6) is 2.32. The van der Waals surface area contributed by atoms with Crippen molar-refractivity contribution in [1.29, 1.82) is 0 Å². The molecule has 1 rings (SSSR count). The van der Waals surface area contributed by atoms with Gasteiger partial charge in [0.15, 0.2) is 0 Å². The Bertz CT molecular complexity index is 464. The van der Waals surface area contributed by atoms with Crippen LogP contribution in [-0.2, 0) is 21.1 Å². The molecule has 3 heteroatoms. The lowest BCUT2D eigenvalue weighted by molar-refractivity contribution is -0.0134. The summed E-state index contributed by atoms with van der Waals surface area (Å²) < 4.78 is 17.9. The Balaban J connectivity index is 2.67. The molecule has 0 aliphatic heterocycles. The van der Waals surface area contributed by atoms with E-state index in [-0.39, 0.29) is 5.60 Å². The molecule has 0 aliphatic carbocycles. The van der Waals surface area contributed by atoms with Crippen molar-refractivity contribution in [3.8, 4) is 0 Å². The molecule has 1 unspecified atom stereocenters.